The summed E-state index contributed by atoms with van der Waals surface area (Å²) in [6.07, 6.45) is 15.9. The van der Waals surface area contributed by atoms with Crippen molar-refractivity contribution in [2.75, 3.05) is 11.4 Å². The minimum absolute atomic E-state index is 0.100. The van der Waals surface area contributed by atoms with Crippen LogP contribution in [0.4, 0.5) is 5.69 Å². The van der Waals surface area contributed by atoms with Gasteiger partial charge in [-0.15, -0.1) is 0 Å². The molecule has 2 rings (SSSR count). The van der Waals surface area contributed by atoms with Crippen molar-refractivity contribution in [1.82, 2.24) is 0 Å². The van der Waals surface area contributed by atoms with E-state index >= 15 is 0 Å². The van der Waals surface area contributed by atoms with Crippen LogP contribution in [0, 0.1) is 5.92 Å². The van der Waals surface area contributed by atoms with Gasteiger partial charge in [0.05, 0.1) is 18.7 Å². The molecule has 1 unspecified atom stereocenters. The number of hydrogen-bond acceptors (Lipinski definition) is 4. The van der Waals surface area contributed by atoms with Gasteiger partial charge < -0.3 is 9.64 Å². The van der Waals surface area contributed by atoms with Crippen LogP contribution in [0.1, 0.15) is 84.1 Å². The molecule has 0 N–H and O–H groups in total. The molecule has 1 aliphatic rings. The number of ether oxygens (including phenoxy) is 1. The minimum Gasteiger partial charge on any atom is -0.406 e. The van der Waals surface area contributed by atoms with E-state index in [0.29, 0.717) is 12.4 Å². The van der Waals surface area contributed by atoms with Crippen LogP contribution in [-0.2, 0) is 16.0 Å². The van der Waals surface area contributed by atoms with Gasteiger partial charge in [-0.1, -0.05) is 77.8 Å². The number of aryl methyl sites for hydroxylation is 1. The number of anilines is 1. The maximum atomic E-state index is 12.2. The van der Waals surface area contributed by atoms with Crippen LogP contribution in [0.5, 0.6) is 0 Å². The minimum atomic E-state index is -0.204. The highest BCUT2D eigenvalue weighted by atomic mass is 16.5. The Bertz CT molecular complexity index is 681. The Morgan fingerprint density at radius 3 is 2.62 bits per heavy atom. The van der Waals surface area contributed by atoms with Crippen LogP contribution < -0.4 is 4.90 Å². The van der Waals surface area contributed by atoms with Gasteiger partial charge in [0.25, 0.3) is 0 Å². The largest absolute Gasteiger partial charge is 0.406 e. The molecule has 0 aromatic heterocycles. The summed E-state index contributed by atoms with van der Waals surface area (Å²) in [5.74, 6) is 0.0725. The van der Waals surface area contributed by atoms with Gasteiger partial charge in [0.2, 0.25) is 5.88 Å². The molecule has 160 valence electrons. The van der Waals surface area contributed by atoms with Crippen LogP contribution >= 0.6 is 0 Å². The van der Waals surface area contributed by atoms with Crippen molar-refractivity contribution in [1.29, 1.82) is 0 Å². The van der Waals surface area contributed by atoms with Crippen LogP contribution in [0.15, 0.2) is 41.3 Å². The van der Waals surface area contributed by atoms with Gasteiger partial charge in [-0.05, 0) is 37.0 Å². The van der Waals surface area contributed by atoms with E-state index in [4.69, 9.17) is 4.74 Å². The second-order valence-corrected chi connectivity index (χ2v) is 8.08. The van der Waals surface area contributed by atoms with E-state index in [1.165, 1.54) is 50.5 Å². The monoisotopic (exact) mass is 398 g/mol. The van der Waals surface area contributed by atoms with Gasteiger partial charge >= 0.3 is 5.97 Å². The van der Waals surface area contributed by atoms with E-state index in [1.807, 2.05) is 13.1 Å². The first-order valence-electron chi connectivity index (χ1n) is 11.5. The first-order chi connectivity index (χ1) is 14.1. The predicted molar refractivity (Wildman–Crippen MR) is 122 cm³/mol. The third-order valence-corrected chi connectivity index (χ3v) is 5.40. The lowest BCUT2D eigenvalue weighted by Gasteiger charge is -2.23. The van der Waals surface area contributed by atoms with Crippen molar-refractivity contribution in [2.24, 2.45) is 10.9 Å². The summed E-state index contributed by atoms with van der Waals surface area (Å²) >= 11 is 0. The number of rotatable bonds is 13. The predicted octanol–water partition coefficient (Wildman–Crippen LogP) is 6.65. The van der Waals surface area contributed by atoms with Crippen LogP contribution in [0.3, 0.4) is 0 Å². The lowest BCUT2D eigenvalue weighted by atomic mass is 10.0. The van der Waals surface area contributed by atoms with Gasteiger partial charge in [0.15, 0.2) is 0 Å². The van der Waals surface area contributed by atoms with Crippen LogP contribution in [-0.4, -0.2) is 18.7 Å². The van der Waals surface area contributed by atoms with Crippen molar-refractivity contribution < 1.29 is 9.53 Å². The molecule has 0 spiro atoms. The second kappa shape index (κ2) is 13.2. The third kappa shape index (κ3) is 8.43. The smallest absolute Gasteiger partial charge is 0.315 e. The number of benzene rings is 1. The molecule has 1 aromatic carbocycles. The lowest BCUT2D eigenvalue weighted by molar-refractivity contribution is -0.143. The molecule has 0 saturated carbocycles. The first kappa shape index (κ1) is 23.2. The number of hydrogen-bond donors (Lipinski definition) is 0. The van der Waals surface area contributed by atoms with E-state index in [0.717, 1.165) is 24.9 Å². The van der Waals surface area contributed by atoms with Gasteiger partial charge in [-0.2, -0.15) is 0 Å². The zero-order valence-corrected chi connectivity index (χ0v) is 18.5. The Kier molecular flexibility index (Phi) is 10.5. The quantitative estimate of drug-likeness (QED) is 0.276. The molecule has 0 aliphatic carbocycles. The summed E-state index contributed by atoms with van der Waals surface area (Å²) in [5, 5.41) is 0. The summed E-state index contributed by atoms with van der Waals surface area (Å²) in [6.45, 7) is 6.93. The number of carbonyl (C=O) groups is 1. The van der Waals surface area contributed by atoms with Crippen molar-refractivity contribution >= 4 is 17.9 Å². The van der Waals surface area contributed by atoms with Gasteiger partial charge in [0, 0.05) is 11.9 Å². The number of aliphatic imine (C=N–C) groups is 1. The third-order valence-electron chi connectivity index (χ3n) is 5.40. The SMILES string of the molecule is CCCCCCCCCc1cccc(N2C=C(OC(=O)C(C)CCC)N=CC2)c1. The fourth-order valence-corrected chi connectivity index (χ4v) is 3.60. The Hall–Kier alpha value is -2.10. The molecule has 0 bridgehead atoms. The Labute approximate surface area is 177 Å². The van der Waals surface area contributed by atoms with Gasteiger partial charge in [-0.3, -0.25) is 4.79 Å². The van der Waals surface area contributed by atoms with Crippen molar-refractivity contribution in [2.45, 2.75) is 85.0 Å². The average molecular weight is 399 g/mol. The lowest BCUT2D eigenvalue weighted by Crippen LogP contribution is -2.24. The van der Waals surface area contributed by atoms with Crippen LogP contribution in [0.2, 0.25) is 0 Å². The molecule has 29 heavy (non-hydrogen) atoms. The van der Waals surface area contributed by atoms with Gasteiger partial charge in [0.1, 0.15) is 0 Å². The summed E-state index contributed by atoms with van der Waals surface area (Å²) < 4.78 is 5.49. The van der Waals surface area contributed by atoms with Crippen molar-refractivity contribution in [3.8, 4) is 0 Å². The van der Waals surface area contributed by atoms with E-state index in [-0.39, 0.29) is 11.9 Å². The highest BCUT2D eigenvalue weighted by Gasteiger charge is 2.18. The summed E-state index contributed by atoms with van der Waals surface area (Å²) in [4.78, 5) is 18.5. The van der Waals surface area contributed by atoms with E-state index in [9.17, 15) is 4.79 Å². The zero-order chi connectivity index (χ0) is 20.9. The van der Waals surface area contributed by atoms with Gasteiger partial charge in [-0.25, -0.2) is 4.99 Å². The molecular weight excluding hydrogens is 360 g/mol. The number of esters is 1. The molecule has 0 radical (unpaired) electrons. The number of carbonyl (C=O) groups excluding carboxylic acids is 1. The average Bonchev–Trinajstić information content (AvgIpc) is 2.73. The fraction of sp³-hybridized carbons (Fsp3) is 0.600. The van der Waals surface area contributed by atoms with E-state index in [2.05, 4.69) is 48.0 Å². The Balaban J connectivity index is 1.86. The number of nitrogens with zero attached hydrogens (tertiary/aromatic N) is 2. The summed E-state index contributed by atoms with van der Waals surface area (Å²) in [5.41, 5.74) is 2.48. The summed E-state index contributed by atoms with van der Waals surface area (Å²) in [6, 6.07) is 8.66. The number of unbranched alkanes of at least 4 members (excludes halogenated alkanes) is 6. The van der Waals surface area contributed by atoms with Crippen LogP contribution in [0.25, 0.3) is 0 Å². The Morgan fingerprint density at radius 2 is 1.86 bits per heavy atom. The highest BCUT2D eigenvalue weighted by Crippen LogP contribution is 2.22. The van der Waals surface area contributed by atoms with E-state index in [1.54, 1.807) is 6.21 Å². The maximum Gasteiger partial charge on any atom is 0.315 e. The first-order valence-corrected chi connectivity index (χ1v) is 11.5. The standard InChI is InChI=1S/C25H38N2O2/c1-4-6-7-8-9-10-11-14-22-15-12-16-23(19-22)27-18-17-26-24(20-27)29-25(28)21(3)13-5-2/h12,15-17,19-21H,4-11,13-14,18H2,1-3H3. The molecule has 1 aromatic rings. The maximum absolute atomic E-state index is 12.2. The molecule has 0 amide bonds. The molecular formula is C25H38N2O2. The van der Waals surface area contributed by atoms with E-state index < -0.39 is 0 Å². The zero-order valence-electron chi connectivity index (χ0n) is 18.5. The molecule has 1 heterocycles. The topological polar surface area (TPSA) is 41.9 Å². The molecule has 0 fully saturated rings. The Morgan fingerprint density at radius 1 is 1.10 bits per heavy atom. The highest BCUT2D eigenvalue weighted by molar-refractivity contribution is 5.75. The fourth-order valence-electron chi connectivity index (χ4n) is 3.60. The normalized spacial score (nSPS) is 14.6. The summed E-state index contributed by atoms with van der Waals surface area (Å²) in [7, 11) is 0. The van der Waals surface area contributed by atoms with Crippen molar-refractivity contribution in [3.05, 3.63) is 41.9 Å². The molecule has 4 heteroatoms. The molecule has 0 saturated heterocycles. The second-order valence-electron chi connectivity index (χ2n) is 8.08. The molecule has 1 atom stereocenters. The molecule has 1 aliphatic heterocycles. The molecule has 4 nitrogen and oxygen atoms in total. The van der Waals surface area contributed by atoms with Crippen molar-refractivity contribution in [3.63, 3.8) is 0 Å².